The molecule has 4 nitrogen and oxygen atoms in total. The molecule has 1 aliphatic carbocycles. The van der Waals surface area contributed by atoms with Crippen molar-refractivity contribution in [3.05, 3.63) is 18.0 Å². The first-order valence-corrected chi connectivity index (χ1v) is 7.14. The molecule has 0 aromatic carbocycles. The number of nitrogens with zero attached hydrogens (tertiary/aromatic N) is 2. The number of rotatable bonds is 7. The normalized spacial score (nSPS) is 17.2. The molecule has 0 saturated heterocycles. The van der Waals surface area contributed by atoms with E-state index in [0.29, 0.717) is 6.10 Å². The van der Waals surface area contributed by atoms with E-state index in [1.54, 1.807) is 0 Å². The molecule has 1 N–H and O–H groups in total. The molecule has 1 heterocycles. The molecule has 2 rings (SSSR count). The predicted octanol–water partition coefficient (Wildman–Crippen LogP) is 1.90. The molecule has 0 atom stereocenters. The van der Waals surface area contributed by atoms with Gasteiger partial charge < -0.3 is 10.1 Å². The van der Waals surface area contributed by atoms with Crippen molar-refractivity contribution in [2.24, 2.45) is 7.05 Å². The topological polar surface area (TPSA) is 39.1 Å². The fourth-order valence-corrected chi connectivity index (χ4v) is 2.49. The van der Waals surface area contributed by atoms with Crippen LogP contribution in [0.5, 0.6) is 0 Å². The molecule has 102 valence electrons. The molecule has 1 saturated carbocycles. The van der Waals surface area contributed by atoms with Crippen molar-refractivity contribution in [3.8, 4) is 0 Å². The maximum atomic E-state index is 5.86. The van der Waals surface area contributed by atoms with Crippen molar-refractivity contribution in [2.45, 2.75) is 44.6 Å². The summed E-state index contributed by atoms with van der Waals surface area (Å²) in [4.78, 5) is 0. The van der Waals surface area contributed by atoms with Crippen LogP contribution >= 0.6 is 0 Å². The lowest BCUT2D eigenvalue weighted by molar-refractivity contribution is 0.0304. The van der Waals surface area contributed by atoms with Crippen LogP contribution in [-0.2, 0) is 18.2 Å². The zero-order valence-electron chi connectivity index (χ0n) is 11.4. The molecule has 1 aromatic heterocycles. The first kappa shape index (κ1) is 13.6. The number of hydrogen-bond acceptors (Lipinski definition) is 3. The third-order valence-electron chi connectivity index (χ3n) is 3.53. The van der Waals surface area contributed by atoms with Gasteiger partial charge in [-0.3, -0.25) is 4.68 Å². The summed E-state index contributed by atoms with van der Waals surface area (Å²) in [5, 5.41) is 7.58. The average Bonchev–Trinajstić information content (AvgIpc) is 2.81. The third-order valence-corrected chi connectivity index (χ3v) is 3.53. The highest BCUT2D eigenvalue weighted by molar-refractivity contribution is 5.03. The van der Waals surface area contributed by atoms with Gasteiger partial charge in [0, 0.05) is 19.8 Å². The van der Waals surface area contributed by atoms with Crippen LogP contribution < -0.4 is 5.32 Å². The Morgan fingerprint density at radius 2 is 2.17 bits per heavy atom. The van der Waals surface area contributed by atoms with Gasteiger partial charge in [0.25, 0.3) is 0 Å². The van der Waals surface area contributed by atoms with Crippen LogP contribution in [0, 0.1) is 0 Å². The lowest BCUT2D eigenvalue weighted by atomic mass is 9.98. The highest BCUT2D eigenvalue weighted by Crippen LogP contribution is 2.19. The Morgan fingerprint density at radius 3 is 2.89 bits per heavy atom. The van der Waals surface area contributed by atoms with E-state index in [4.69, 9.17) is 4.74 Å². The van der Waals surface area contributed by atoms with Gasteiger partial charge >= 0.3 is 0 Å². The van der Waals surface area contributed by atoms with Gasteiger partial charge in [-0.05, 0) is 31.4 Å². The van der Waals surface area contributed by atoms with Gasteiger partial charge in [-0.15, -0.1) is 0 Å². The predicted molar refractivity (Wildman–Crippen MR) is 72.6 cm³/mol. The maximum Gasteiger partial charge on any atom is 0.0594 e. The van der Waals surface area contributed by atoms with Crippen LogP contribution in [0.25, 0.3) is 0 Å². The molecule has 0 bridgehead atoms. The van der Waals surface area contributed by atoms with Gasteiger partial charge in [0.2, 0.25) is 0 Å². The number of ether oxygens (including phenoxy) is 1. The Bertz CT molecular complexity index is 332. The minimum absolute atomic E-state index is 0.527. The highest BCUT2D eigenvalue weighted by atomic mass is 16.5. The third kappa shape index (κ3) is 4.78. The second-order valence-electron chi connectivity index (χ2n) is 5.15. The summed E-state index contributed by atoms with van der Waals surface area (Å²) in [7, 11) is 1.95. The molecule has 1 fully saturated rings. The molecule has 0 radical (unpaired) electrons. The molecule has 4 heteroatoms. The van der Waals surface area contributed by atoms with Crippen molar-refractivity contribution in [1.29, 1.82) is 0 Å². The van der Waals surface area contributed by atoms with E-state index >= 15 is 0 Å². The van der Waals surface area contributed by atoms with E-state index in [0.717, 1.165) is 26.1 Å². The monoisotopic (exact) mass is 251 g/mol. The van der Waals surface area contributed by atoms with E-state index in [1.807, 2.05) is 17.9 Å². The summed E-state index contributed by atoms with van der Waals surface area (Å²) >= 11 is 0. The number of nitrogens with one attached hydrogen (secondary N) is 1. The first-order chi connectivity index (χ1) is 8.84. The van der Waals surface area contributed by atoms with Crippen LogP contribution in [-0.4, -0.2) is 35.6 Å². The van der Waals surface area contributed by atoms with Crippen molar-refractivity contribution in [1.82, 2.24) is 15.1 Å². The molecule has 18 heavy (non-hydrogen) atoms. The van der Waals surface area contributed by atoms with E-state index in [9.17, 15) is 0 Å². The van der Waals surface area contributed by atoms with Crippen LogP contribution in [0.4, 0.5) is 0 Å². The standard InChI is InChI=1S/C14H25N3O/c1-17-12-13(11-16-17)7-8-15-9-10-18-14-5-3-2-4-6-14/h11-12,14-15H,2-10H2,1H3. The van der Waals surface area contributed by atoms with Crippen LogP contribution in [0.3, 0.4) is 0 Å². The van der Waals surface area contributed by atoms with Crippen molar-refractivity contribution < 1.29 is 4.74 Å². The Hall–Kier alpha value is -0.870. The van der Waals surface area contributed by atoms with Gasteiger partial charge in [-0.25, -0.2) is 0 Å². The van der Waals surface area contributed by atoms with E-state index in [2.05, 4.69) is 16.6 Å². The van der Waals surface area contributed by atoms with Gasteiger partial charge in [0.05, 0.1) is 18.9 Å². The lowest BCUT2D eigenvalue weighted by Gasteiger charge is -2.21. The van der Waals surface area contributed by atoms with E-state index in [1.165, 1.54) is 37.7 Å². The minimum Gasteiger partial charge on any atom is -0.377 e. The van der Waals surface area contributed by atoms with Crippen LogP contribution in [0.2, 0.25) is 0 Å². The zero-order valence-corrected chi connectivity index (χ0v) is 11.4. The van der Waals surface area contributed by atoms with E-state index < -0.39 is 0 Å². The smallest absolute Gasteiger partial charge is 0.0594 e. The van der Waals surface area contributed by atoms with Crippen molar-refractivity contribution in [3.63, 3.8) is 0 Å². The lowest BCUT2D eigenvalue weighted by Crippen LogP contribution is -2.25. The Balaban J connectivity index is 1.46. The second-order valence-corrected chi connectivity index (χ2v) is 5.15. The number of aromatic nitrogens is 2. The summed E-state index contributed by atoms with van der Waals surface area (Å²) in [5.74, 6) is 0. The fraction of sp³-hybridized carbons (Fsp3) is 0.786. The SMILES string of the molecule is Cn1cc(CCNCCOC2CCCCC2)cn1. The molecule has 1 aliphatic rings. The maximum absolute atomic E-state index is 5.86. The molecule has 0 spiro atoms. The highest BCUT2D eigenvalue weighted by Gasteiger charge is 2.12. The molecular formula is C14H25N3O. The van der Waals surface area contributed by atoms with Crippen LogP contribution in [0.1, 0.15) is 37.7 Å². The molecule has 0 aliphatic heterocycles. The Labute approximate surface area is 110 Å². The number of hydrogen-bond donors (Lipinski definition) is 1. The summed E-state index contributed by atoms with van der Waals surface area (Å²) in [6.45, 7) is 2.80. The van der Waals surface area contributed by atoms with Crippen LogP contribution in [0.15, 0.2) is 12.4 Å². The summed E-state index contributed by atoms with van der Waals surface area (Å²) in [6.07, 6.45) is 12.2. The van der Waals surface area contributed by atoms with Crippen molar-refractivity contribution >= 4 is 0 Å². The van der Waals surface area contributed by atoms with Gasteiger partial charge in [0.15, 0.2) is 0 Å². The Kier molecular flexibility index (Phi) is 5.68. The van der Waals surface area contributed by atoms with Gasteiger partial charge in [0.1, 0.15) is 0 Å². The van der Waals surface area contributed by atoms with Gasteiger partial charge in [-0.2, -0.15) is 5.10 Å². The Morgan fingerprint density at radius 1 is 1.33 bits per heavy atom. The van der Waals surface area contributed by atoms with Gasteiger partial charge in [-0.1, -0.05) is 19.3 Å². The molecular weight excluding hydrogens is 226 g/mol. The largest absolute Gasteiger partial charge is 0.377 e. The minimum atomic E-state index is 0.527. The average molecular weight is 251 g/mol. The second kappa shape index (κ2) is 7.54. The summed E-state index contributed by atoms with van der Waals surface area (Å²) < 4.78 is 7.71. The fourth-order valence-electron chi connectivity index (χ4n) is 2.49. The quantitative estimate of drug-likeness (QED) is 0.752. The first-order valence-electron chi connectivity index (χ1n) is 7.14. The zero-order chi connectivity index (χ0) is 12.6. The molecule has 1 aromatic rings. The molecule has 0 unspecified atom stereocenters. The molecule has 0 amide bonds. The summed E-state index contributed by atoms with van der Waals surface area (Å²) in [6, 6.07) is 0. The van der Waals surface area contributed by atoms with Crippen molar-refractivity contribution in [2.75, 3.05) is 19.7 Å². The summed E-state index contributed by atoms with van der Waals surface area (Å²) in [5.41, 5.74) is 1.29. The van der Waals surface area contributed by atoms with E-state index in [-0.39, 0.29) is 0 Å². The number of aryl methyl sites for hydroxylation is 1.